The Kier molecular flexibility index (Phi) is 7.90. The third kappa shape index (κ3) is 3.97. The highest BCUT2D eigenvalue weighted by atomic mass is 19.1. The molecule has 2 rings (SSSR count). The molecule has 1 saturated heterocycles. The molecule has 7 nitrogen and oxygen atoms in total. The molecule has 0 aliphatic carbocycles. The minimum absolute atomic E-state index is 0.0202. The normalized spacial score (nSPS) is 30.5. The zero-order valence-electron chi connectivity index (χ0n) is 18.0. The van der Waals surface area contributed by atoms with Crippen molar-refractivity contribution in [2.24, 2.45) is 22.5 Å². The lowest BCUT2D eigenvalue weighted by molar-refractivity contribution is -0.180. The first-order valence-corrected chi connectivity index (χ1v) is 10.1. The average Bonchev–Trinajstić information content (AvgIpc) is 2.68. The van der Waals surface area contributed by atoms with Crippen molar-refractivity contribution in [1.82, 2.24) is 5.32 Å². The summed E-state index contributed by atoms with van der Waals surface area (Å²) in [5.74, 6) is -10.2. The van der Waals surface area contributed by atoms with E-state index in [0.29, 0.717) is 12.1 Å². The van der Waals surface area contributed by atoms with Crippen LogP contribution in [0.5, 0.6) is 0 Å². The van der Waals surface area contributed by atoms with Gasteiger partial charge in [-0.3, -0.25) is 9.59 Å². The summed E-state index contributed by atoms with van der Waals surface area (Å²) in [6.07, 6.45) is 0. The summed E-state index contributed by atoms with van der Waals surface area (Å²) in [6, 6.07) is -2.07. The Morgan fingerprint density at radius 3 is 2.12 bits per heavy atom. The fraction of sp³-hybridized carbons (Fsp3) is 0.619. The van der Waals surface area contributed by atoms with Gasteiger partial charge in [0.2, 0.25) is 0 Å². The van der Waals surface area contributed by atoms with Crippen molar-refractivity contribution in [2.75, 3.05) is 26.4 Å². The lowest BCUT2D eigenvalue weighted by atomic mass is 9.48. The molecule has 180 valence electrons. The van der Waals surface area contributed by atoms with Gasteiger partial charge in [-0.05, 0) is 12.8 Å². The number of carboxylic acids is 2. The van der Waals surface area contributed by atoms with Crippen molar-refractivity contribution in [3.05, 3.63) is 35.1 Å². The van der Waals surface area contributed by atoms with E-state index in [1.54, 1.807) is 0 Å². The maximum absolute atomic E-state index is 15.0. The van der Waals surface area contributed by atoms with Crippen LogP contribution >= 0.6 is 0 Å². The lowest BCUT2D eigenvalue weighted by Crippen LogP contribution is -2.73. The summed E-state index contributed by atoms with van der Waals surface area (Å²) >= 11 is 0. The summed E-state index contributed by atoms with van der Waals surface area (Å²) in [7, 11) is 0. The van der Waals surface area contributed by atoms with E-state index in [9.17, 15) is 28.6 Å². The molecule has 11 heteroatoms. The molecule has 0 radical (unpaired) electrons. The number of nitrogens with two attached hydrogens (primary N) is 1. The zero-order chi connectivity index (χ0) is 24.4. The van der Waals surface area contributed by atoms with E-state index >= 15 is 8.78 Å². The number of alkyl halides is 1. The maximum atomic E-state index is 15.0. The van der Waals surface area contributed by atoms with E-state index in [1.165, 1.54) is 13.8 Å². The first-order chi connectivity index (χ1) is 14.9. The van der Waals surface area contributed by atoms with Gasteiger partial charge in [-0.15, -0.1) is 0 Å². The van der Waals surface area contributed by atoms with E-state index < -0.39 is 76.4 Å². The minimum Gasteiger partial charge on any atom is -0.481 e. The Hall–Kier alpha value is -2.24. The van der Waals surface area contributed by atoms with E-state index in [4.69, 9.17) is 10.5 Å². The number of benzene rings is 1. The zero-order valence-corrected chi connectivity index (χ0v) is 18.0. The molecule has 0 bridgehead atoms. The standard InChI is InChI=1S/C21H28F4N2O5/c1-10(2)21(19(30)31)15(9-32-5-4-26)27-14(8-22)20(3,18(28)29)17(21)16-12(24)6-11(23)7-13(16)25/h6-7,10,14-15,17,27H,4-5,8-9,26H2,1-3H3,(H,28,29)(H,30,31). The van der Waals surface area contributed by atoms with Crippen LogP contribution in [0, 0.1) is 34.2 Å². The van der Waals surface area contributed by atoms with Crippen LogP contribution < -0.4 is 11.1 Å². The van der Waals surface area contributed by atoms with Crippen LogP contribution in [0.15, 0.2) is 12.1 Å². The lowest BCUT2D eigenvalue weighted by Gasteiger charge is -2.58. The molecule has 1 aliphatic rings. The number of piperidine rings is 1. The molecule has 1 fully saturated rings. The van der Waals surface area contributed by atoms with Crippen LogP contribution in [0.25, 0.3) is 0 Å². The molecule has 0 amide bonds. The molecule has 32 heavy (non-hydrogen) atoms. The second-order valence-corrected chi connectivity index (χ2v) is 8.49. The second kappa shape index (κ2) is 9.72. The highest BCUT2D eigenvalue weighted by molar-refractivity contribution is 5.84. The van der Waals surface area contributed by atoms with Crippen LogP contribution in [-0.2, 0) is 14.3 Å². The van der Waals surface area contributed by atoms with E-state index in [2.05, 4.69) is 5.32 Å². The van der Waals surface area contributed by atoms with Gasteiger partial charge in [-0.25, -0.2) is 17.6 Å². The van der Waals surface area contributed by atoms with Crippen molar-refractivity contribution in [1.29, 1.82) is 0 Å². The number of halogens is 4. The number of ether oxygens (including phenoxy) is 1. The second-order valence-electron chi connectivity index (χ2n) is 8.49. The highest BCUT2D eigenvalue weighted by Crippen LogP contribution is 2.59. The van der Waals surface area contributed by atoms with E-state index in [1.807, 2.05) is 0 Å². The van der Waals surface area contributed by atoms with Gasteiger partial charge >= 0.3 is 11.9 Å². The van der Waals surface area contributed by atoms with Gasteiger partial charge in [0.1, 0.15) is 24.1 Å². The number of hydrogen-bond donors (Lipinski definition) is 4. The van der Waals surface area contributed by atoms with Gasteiger partial charge < -0.3 is 26.0 Å². The predicted molar refractivity (Wildman–Crippen MR) is 106 cm³/mol. The molecule has 5 atom stereocenters. The Balaban J connectivity index is 2.96. The van der Waals surface area contributed by atoms with Crippen molar-refractivity contribution >= 4 is 11.9 Å². The molecule has 1 aromatic carbocycles. The number of hydrogen-bond acceptors (Lipinski definition) is 5. The Bertz CT molecular complexity index is 848. The van der Waals surface area contributed by atoms with Gasteiger partial charge in [0.25, 0.3) is 0 Å². The van der Waals surface area contributed by atoms with Crippen LogP contribution in [-0.4, -0.2) is 60.7 Å². The minimum atomic E-state index is -2.32. The predicted octanol–water partition coefficient (Wildman–Crippen LogP) is 2.29. The molecule has 1 aliphatic heterocycles. The summed E-state index contributed by atoms with van der Waals surface area (Å²) in [6.45, 7) is 2.45. The molecule has 5 N–H and O–H groups in total. The van der Waals surface area contributed by atoms with Gasteiger partial charge in [-0.2, -0.15) is 0 Å². The van der Waals surface area contributed by atoms with Gasteiger partial charge in [0.15, 0.2) is 0 Å². The Labute approximate surface area is 182 Å². The van der Waals surface area contributed by atoms with Crippen LogP contribution in [0.2, 0.25) is 0 Å². The highest BCUT2D eigenvalue weighted by Gasteiger charge is 2.69. The first-order valence-electron chi connectivity index (χ1n) is 10.1. The number of aliphatic carboxylic acids is 2. The quantitative estimate of drug-likeness (QED) is 0.327. The molecule has 1 heterocycles. The van der Waals surface area contributed by atoms with E-state index in [-0.39, 0.29) is 19.8 Å². The fourth-order valence-electron chi connectivity index (χ4n) is 5.02. The molecule has 0 saturated carbocycles. The summed E-state index contributed by atoms with van der Waals surface area (Å²) < 4.78 is 63.2. The van der Waals surface area contributed by atoms with Crippen molar-refractivity contribution < 1.29 is 42.1 Å². The summed E-state index contributed by atoms with van der Waals surface area (Å²) in [4.78, 5) is 25.3. The molecule has 0 aromatic heterocycles. The van der Waals surface area contributed by atoms with Crippen LogP contribution in [0.1, 0.15) is 32.3 Å². The smallest absolute Gasteiger partial charge is 0.312 e. The van der Waals surface area contributed by atoms with Crippen molar-refractivity contribution in [2.45, 2.75) is 38.8 Å². The van der Waals surface area contributed by atoms with Gasteiger partial charge in [0.05, 0.1) is 30.1 Å². The van der Waals surface area contributed by atoms with Gasteiger partial charge in [0, 0.05) is 36.2 Å². The third-order valence-corrected chi connectivity index (χ3v) is 6.60. The van der Waals surface area contributed by atoms with Crippen molar-refractivity contribution in [3.63, 3.8) is 0 Å². The molecular formula is C21H28F4N2O5. The van der Waals surface area contributed by atoms with Crippen LogP contribution in [0.4, 0.5) is 17.6 Å². The third-order valence-electron chi connectivity index (χ3n) is 6.60. The SMILES string of the molecule is CC(C)C1(C(=O)O)C(COCCN)NC(CF)C(C)(C(=O)O)C1c1c(F)cc(F)cc1F. The number of rotatable bonds is 9. The van der Waals surface area contributed by atoms with Crippen LogP contribution in [0.3, 0.4) is 0 Å². The largest absolute Gasteiger partial charge is 0.481 e. The Morgan fingerprint density at radius 1 is 1.16 bits per heavy atom. The monoisotopic (exact) mass is 464 g/mol. The van der Waals surface area contributed by atoms with E-state index in [0.717, 1.165) is 6.92 Å². The first kappa shape index (κ1) is 26.0. The number of nitrogens with one attached hydrogen (secondary N) is 1. The van der Waals surface area contributed by atoms with Crippen molar-refractivity contribution in [3.8, 4) is 0 Å². The Morgan fingerprint density at radius 2 is 1.72 bits per heavy atom. The topological polar surface area (TPSA) is 122 Å². The average molecular weight is 464 g/mol. The number of carboxylic acid groups (broad SMARTS) is 2. The number of carbonyl (C=O) groups is 2. The fourth-order valence-corrected chi connectivity index (χ4v) is 5.02. The molecule has 5 unspecified atom stereocenters. The molecule has 0 spiro atoms. The maximum Gasteiger partial charge on any atom is 0.312 e. The van der Waals surface area contributed by atoms with Gasteiger partial charge in [-0.1, -0.05) is 13.8 Å². The summed E-state index contributed by atoms with van der Waals surface area (Å²) in [5, 5.41) is 23.2. The molecule has 1 aromatic rings. The summed E-state index contributed by atoms with van der Waals surface area (Å²) in [5.41, 5.74) is -0.00634. The molecular weight excluding hydrogens is 436 g/mol.